The number of alkyl halides is 3. The van der Waals surface area contributed by atoms with E-state index in [1.807, 2.05) is 5.43 Å². The number of rotatable bonds is 0. The molecule has 0 aromatic heterocycles. The molecule has 6 nitrogen and oxygen atoms in total. The van der Waals surface area contributed by atoms with E-state index < -0.39 is 17.9 Å². The maximum atomic E-state index is 12.2. The van der Waals surface area contributed by atoms with Crippen LogP contribution in [0.2, 0.25) is 0 Å². The van der Waals surface area contributed by atoms with Gasteiger partial charge in [0.25, 0.3) is 11.7 Å². The first-order chi connectivity index (χ1) is 6.88. The number of carbonyl (C=O) groups is 1. The van der Waals surface area contributed by atoms with Gasteiger partial charge in [-0.25, -0.2) is 0 Å². The summed E-state index contributed by atoms with van der Waals surface area (Å²) in [7, 11) is 0. The predicted octanol–water partition coefficient (Wildman–Crippen LogP) is -0.152. The van der Waals surface area contributed by atoms with Crippen LogP contribution in [-0.2, 0) is 4.79 Å². The maximum absolute atomic E-state index is 12.2. The zero-order chi connectivity index (χ0) is 11.2. The van der Waals surface area contributed by atoms with Crippen molar-refractivity contribution in [3.63, 3.8) is 0 Å². The van der Waals surface area contributed by atoms with Crippen LogP contribution in [-0.4, -0.2) is 28.3 Å². The van der Waals surface area contributed by atoms with Gasteiger partial charge < -0.3 is 0 Å². The molecule has 0 atom stereocenters. The van der Waals surface area contributed by atoms with Crippen LogP contribution in [0.5, 0.6) is 0 Å². The number of nitrogens with one attached hydrogen (secondary N) is 2. The molecule has 0 radical (unpaired) electrons. The number of amidine groups is 1. The van der Waals surface area contributed by atoms with Gasteiger partial charge in [-0.3, -0.25) is 15.6 Å². The fourth-order valence-corrected chi connectivity index (χ4v) is 1.09. The van der Waals surface area contributed by atoms with Gasteiger partial charge in [-0.05, 0) is 6.92 Å². The third-order valence-corrected chi connectivity index (χ3v) is 1.69. The molecule has 9 heteroatoms. The number of hydrogen-bond donors (Lipinski definition) is 2. The van der Waals surface area contributed by atoms with Gasteiger partial charge in [0.15, 0.2) is 0 Å². The minimum absolute atomic E-state index is 0.408. The van der Waals surface area contributed by atoms with E-state index in [9.17, 15) is 18.0 Å². The second-order valence-corrected chi connectivity index (χ2v) is 2.94. The minimum atomic E-state index is -4.62. The SMILES string of the molecule is CC1=CC(=O)N2NC(C(F)(F)F)=NN2N1. The average molecular weight is 221 g/mol. The molecule has 0 aromatic rings. The monoisotopic (exact) mass is 221 g/mol. The molecule has 0 aromatic carbocycles. The Kier molecular flexibility index (Phi) is 1.78. The van der Waals surface area contributed by atoms with Crippen molar-refractivity contribution in [3.8, 4) is 0 Å². The van der Waals surface area contributed by atoms with E-state index in [4.69, 9.17) is 0 Å². The molecule has 2 aliphatic rings. The smallest absolute Gasteiger partial charge is 0.266 e. The number of hydrazone groups is 1. The summed E-state index contributed by atoms with van der Waals surface area (Å²) in [4.78, 5) is 11.2. The molecule has 0 fully saturated rings. The van der Waals surface area contributed by atoms with Crippen molar-refractivity contribution in [2.45, 2.75) is 13.1 Å². The van der Waals surface area contributed by atoms with Gasteiger partial charge in [0.1, 0.15) is 0 Å². The highest BCUT2D eigenvalue weighted by Gasteiger charge is 2.44. The number of hydrazine groups is 3. The van der Waals surface area contributed by atoms with Gasteiger partial charge >= 0.3 is 6.18 Å². The molecule has 0 spiro atoms. The van der Waals surface area contributed by atoms with Crippen LogP contribution in [0.25, 0.3) is 0 Å². The summed E-state index contributed by atoms with van der Waals surface area (Å²) in [6, 6.07) is 0. The Morgan fingerprint density at radius 1 is 1.40 bits per heavy atom. The lowest BCUT2D eigenvalue weighted by atomic mass is 10.4. The fourth-order valence-electron chi connectivity index (χ4n) is 1.09. The Labute approximate surface area is 81.9 Å². The normalized spacial score (nSPS) is 20.4. The van der Waals surface area contributed by atoms with Crippen LogP contribution in [0.3, 0.4) is 0 Å². The Morgan fingerprint density at radius 2 is 2.07 bits per heavy atom. The molecule has 0 unspecified atom stereocenters. The summed E-state index contributed by atoms with van der Waals surface area (Å²) in [5.74, 6) is -1.87. The van der Waals surface area contributed by atoms with Crippen molar-refractivity contribution in [2.24, 2.45) is 5.10 Å². The third kappa shape index (κ3) is 1.55. The second-order valence-electron chi connectivity index (χ2n) is 2.94. The van der Waals surface area contributed by atoms with E-state index in [1.165, 1.54) is 6.92 Å². The summed E-state index contributed by atoms with van der Waals surface area (Å²) in [6.45, 7) is 1.54. The minimum Gasteiger partial charge on any atom is -0.266 e. The van der Waals surface area contributed by atoms with Crippen molar-refractivity contribution >= 4 is 11.7 Å². The van der Waals surface area contributed by atoms with Crippen molar-refractivity contribution in [1.29, 1.82) is 0 Å². The Morgan fingerprint density at radius 3 is 2.67 bits per heavy atom. The number of allylic oxidation sites excluding steroid dienone is 1. The molecule has 0 saturated heterocycles. The lowest BCUT2D eigenvalue weighted by Gasteiger charge is -2.29. The van der Waals surface area contributed by atoms with Crippen LogP contribution in [0.1, 0.15) is 6.92 Å². The van der Waals surface area contributed by atoms with Gasteiger partial charge in [-0.1, -0.05) is 5.23 Å². The number of amides is 1. The molecule has 2 N–H and O–H groups in total. The zero-order valence-electron chi connectivity index (χ0n) is 7.46. The molecule has 1 amide bonds. The number of fused-ring (bicyclic) bond motifs is 1. The van der Waals surface area contributed by atoms with E-state index in [1.54, 1.807) is 0 Å². The van der Waals surface area contributed by atoms with Crippen molar-refractivity contribution in [2.75, 3.05) is 0 Å². The predicted molar refractivity (Wildman–Crippen MR) is 42.2 cm³/mol. The standard InChI is InChI=1S/C6H6F3N5O/c1-3-2-4(15)13-11-5(6(7,8)9)12-14(13)10-3/h2,10H,1H3,(H,11,12). The van der Waals surface area contributed by atoms with Gasteiger partial charge in [-0.2, -0.15) is 13.2 Å². The molecule has 0 bridgehead atoms. The molecule has 2 heterocycles. The first-order valence-corrected chi connectivity index (χ1v) is 3.89. The van der Waals surface area contributed by atoms with Crippen LogP contribution >= 0.6 is 0 Å². The summed E-state index contributed by atoms with van der Waals surface area (Å²) in [5, 5.41) is 4.46. The maximum Gasteiger partial charge on any atom is 0.452 e. The van der Waals surface area contributed by atoms with Gasteiger partial charge in [-0.15, -0.1) is 10.2 Å². The molecule has 0 saturated carbocycles. The Hall–Kier alpha value is -1.93. The lowest BCUT2D eigenvalue weighted by molar-refractivity contribution is -0.153. The van der Waals surface area contributed by atoms with Crippen LogP contribution < -0.4 is 10.9 Å². The molecule has 15 heavy (non-hydrogen) atoms. The second kappa shape index (κ2) is 2.78. The number of carbonyl (C=O) groups excluding carboxylic acids is 1. The average Bonchev–Trinajstić information content (AvgIpc) is 2.46. The summed E-state index contributed by atoms with van der Waals surface area (Å²) >= 11 is 0. The highest BCUT2D eigenvalue weighted by Crippen LogP contribution is 2.21. The van der Waals surface area contributed by atoms with E-state index in [0.717, 1.165) is 6.08 Å². The molecular weight excluding hydrogens is 215 g/mol. The molecular formula is C6H6F3N5O. The Balaban J connectivity index is 2.24. The number of hydrogen-bond acceptors (Lipinski definition) is 5. The lowest BCUT2D eigenvalue weighted by Crippen LogP contribution is -2.55. The quantitative estimate of drug-likeness (QED) is 0.597. The highest BCUT2D eigenvalue weighted by atomic mass is 19.4. The molecule has 0 aliphatic carbocycles. The van der Waals surface area contributed by atoms with E-state index in [-0.39, 0.29) is 0 Å². The van der Waals surface area contributed by atoms with Gasteiger partial charge in [0.2, 0.25) is 0 Å². The van der Waals surface area contributed by atoms with Crippen molar-refractivity contribution in [3.05, 3.63) is 11.8 Å². The van der Waals surface area contributed by atoms with E-state index >= 15 is 0 Å². The van der Waals surface area contributed by atoms with Crippen molar-refractivity contribution < 1.29 is 18.0 Å². The fraction of sp³-hybridized carbons (Fsp3) is 0.333. The van der Waals surface area contributed by atoms with Crippen LogP contribution in [0.4, 0.5) is 13.2 Å². The summed E-state index contributed by atoms with van der Waals surface area (Å²) in [6.07, 6.45) is -3.47. The van der Waals surface area contributed by atoms with E-state index in [0.29, 0.717) is 16.0 Å². The third-order valence-electron chi connectivity index (χ3n) is 1.69. The van der Waals surface area contributed by atoms with Crippen LogP contribution in [0.15, 0.2) is 16.9 Å². The topological polar surface area (TPSA) is 60.0 Å². The largest absolute Gasteiger partial charge is 0.452 e. The van der Waals surface area contributed by atoms with Gasteiger partial charge in [0.05, 0.1) is 0 Å². The Bertz CT molecular complexity index is 373. The first-order valence-electron chi connectivity index (χ1n) is 3.89. The first kappa shape index (κ1) is 9.62. The highest BCUT2D eigenvalue weighted by molar-refractivity contribution is 5.94. The molecule has 82 valence electrons. The summed E-state index contributed by atoms with van der Waals surface area (Å²) in [5.41, 5.74) is 4.70. The van der Waals surface area contributed by atoms with E-state index in [2.05, 4.69) is 10.5 Å². The molecule has 2 rings (SSSR count). The number of nitrogens with zero attached hydrogens (tertiary/aromatic N) is 3. The van der Waals surface area contributed by atoms with Crippen LogP contribution in [0, 0.1) is 0 Å². The zero-order valence-corrected chi connectivity index (χ0v) is 7.46. The summed E-state index contributed by atoms with van der Waals surface area (Å²) < 4.78 is 36.7. The van der Waals surface area contributed by atoms with Gasteiger partial charge in [0, 0.05) is 11.8 Å². The molecule has 2 aliphatic heterocycles. The van der Waals surface area contributed by atoms with Crippen molar-refractivity contribution in [1.82, 2.24) is 21.2 Å². The number of halogens is 3.